The Bertz CT molecular complexity index is 590. The van der Waals surface area contributed by atoms with Crippen molar-refractivity contribution < 1.29 is 14.6 Å². The fourth-order valence-electron chi connectivity index (χ4n) is 2.29. The molecule has 0 radical (unpaired) electrons. The number of hydrogen-bond donors (Lipinski definition) is 1. The lowest BCUT2D eigenvalue weighted by Gasteiger charge is -2.18. The van der Waals surface area contributed by atoms with E-state index in [-0.39, 0.29) is 12.1 Å². The molecule has 0 saturated heterocycles. The molecule has 2 aromatic rings. The Morgan fingerprint density at radius 2 is 1.76 bits per heavy atom. The molecule has 0 aliphatic rings. The zero-order chi connectivity index (χ0) is 15.2. The van der Waals surface area contributed by atoms with E-state index in [0.29, 0.717) is 6.42 Å². The van der Waals surface area contributed by atoms with Gasteiger partial charge in [-0.25, -0.2) is 0 Å². The number of benzene rings is 2. The Balaban J connectivity index is 2.23. The van der Waals surface area contributed by atoms with Crippen LogP contribution in [0.25, 0.3) is 0 Å². The van der Waals surface area contributed by atoms with Crippen molar-refractivity contribution in [2.24, 2.45) is 0 Å². The standard InChI is InChI=1S/C18H20O3/c1-13(19)17-10-6-7-15(11-17)12-18(21-14(2)20)16-8-4-3-5-9-16/h3-11,13,18-19H,12H2,1-2H3/t13-,18+/m0/s1. The molecule has 2 rings (SSSR count). The van der Waals surface area contributed by atoms with Crippen molar-refractivity contribution in [1.82, 2.24) is 0 Å². The summed E-state index contributed by atoms with van der Waals surface area (Å²) in [7, 11) is 0. The maximum atomic E-state index is 11.3. The Hall–Kier alpha value is -2.13. The van der Waals surface area contributed by atoms with E-state index < -0.39 is 6.10 Å². The van der Waals surface area contributed by atoms with Gasteiger partial charge in [0.1, 0.15) is 6.10 Å². The van der Waals surface area contributed by atoms with Gasteiger partial charge in [0.25, 0.3) is 0 Å². The molecule has 0 aliphatic carbocycles. The van der Waals surface area contributed by atoms with Gasteiger partial charge in [-0.2, -0.15) is 0 Å². The van der Waals surface area contributed by atoms with Crippen LogP contribution in [0.2, 0.25) is 0 Å². The molecule has 0 aromatic heterocycles. The number of aliphatic hydroxyl groups excluding tert-OH is 1. The second kappa shape index (κ2) is 7.04. The number of aliphatic hydroxyl groups is 1. The first-order chi connectivity index (χ1) is 10.1. The summed E-state index contributed by atoms with van der Waals surface area (Å²) in [6, 6.07) is 17.4. The molecule has 21 heavy (non-hydrogen) atoms. The SMILES string of the molecule is CC(=O)O[C@H](Cc1cccc([C@H](C)O)c1)c1ccccc1. The van der Waals surface area contributed by atoms with Crippen LogP contribution in [0.4, 0.5) is 0 Å². The van der Waals surface area contributed by atoms with E-state index in [1.165, 1.54) is 6.92 Å². The first-order valence-corrected chi connectivity index (χ1v) is 7.05. The Morgan fingerprint density at radius 3 is 2.38 bits per heavy atom. The van der Waals surface area contributed by atoms with E-state index >= 15 is 0 Å². The summed E-state index contributed by atoms with van der Waals surface area (Å²) >= 11 is 0. The first kappa shape index (κ1) is 15.3. The number of esters is 1. The van der Waals surface area contributed by atoms with Gasteiger partial charge >= 0.3 is 5.97 Å². The lowest BCUT2D eigenvalue weighted by Crippen LogP contribution is -2.11. The number of hydrogen-bond acceptors (Lipinski definition) is 3. The largest absolute Gasteiger partial charge is 0.457 e. The number of carbonyl (C=O) groups excluding carboxylic acids is 1. The van der Waals surface area contributed by atoms with Crippen molar-refractivity contribution in [2.75, 3.05) is 0 Å². The Kier molecular flexibility index (Phi) is 5.12. The van der Waals surface area contributed by atoms with Gasteiger partial charge in [0.2, 0.25) is 0 Å². The maximum Gasteiger partial charge on any atom is 0.303 e. The highest BCUT2D eigenvalue weighted by Gasteiger charge is 2.15. The minimum atomic E-state index is -0.506. The Labute approximate surface area is 125 Å². The lowest BCUT2D eigenvalue weighted by molar-refractivity contribution is -0.146. The average molecular weight is 284 g/mol. The molecule has 0 amide bonds. The van der Waals surface area contributed by atoms with Gasteiger partial charge < -0.3 is 9.84 Å². The van der Waals surface area contributed by atoms with Crippen LogP contribution in [0.1, 0.15) is 42.7 Å². The molecule has 0 aliphatic heterocycles. The molecule has 0 unspecified atom stereocenters. The molecule has 0 saturated carbocycles. The second-order valence-corrected chi connectivity index (χ2v) is 5.13. The summed E-state index contributed by atoms with van der Waals surface area (Å²) in [6.45, 7) is 3.15. The van der Waals surface area contributed by atoms with Crippen LogP contribution in [-0.2, 0) is 16.0 Å². The lowest BCUT2D eigenvalue weighted by atomic mass is 9.98. The first-order valence-electron chi connectivity index (χ1n) is 7.05. The Morgan fingerprint density at radius 1 is 1.10 bits per heavy atom. The van der Waals surface area contributed by atoms with E-state index in [2.05, 4.69) is 0 Å². The molecule has 110 valence electrons. The van der Waals surface area contributed by atoms with Crippen molar-refractivity contribution in [2.45, 2.75) is 32.5 Å². The van der Waals surface area contributed by atoms with E-state index in [1.54, 1.807) is 6.92 Å². The predicted molar refractivity (Wildman–Crippen MR) is 81.7 cm³/mol. The van der Waals surface area contributed by atoms with Crippen molar-refractivity contribution in [1.29, 1.82) is 0 Å². The van der Waals surface area contributed by atoms with Gasteiger partial charge in [-0.3, -0.25) is 4.79 Å². The summed E-state index contributed by atoms with van der Waals surface area (Å²) < 4.78 is 5.44. The zero-order valence-electron chi connectivity index (χ0n) is 12.3. The van der Waals surface area contributed by atoms with Crippen LogP contribution in [0.15, 0.2) is 54.6 Å². The molecule has 0 fully saturated rings. The van der Waals surface area contributed by atoms with Gasteiger partial charge in [-0.05, 0) is 23.6 Å². The van der Waals surface area contributed by atoms with Crippen molar-refractivity contribution in [3.05, 3.63) is 71.3 Å². The van der Waals surface area contributed by atoms with E-state index in [1.807, 2.05) is 54.6 Å². The minimum Gasteiger partial charge on any atom is -0.457 e. The summed E-state index contributed by atoms with van der Waals surface area (Å²) in [5.74, 6) is -0.296. The zero-order valence-corrected chi connectivity index (χ0v) is 12.3. The van der Waals surface area contributed by atoms with Crippen molar-refractivity contribution in [3.63, 3.8) is 0 Å². The molecule has 2 atom stereocenters. The molecule has 3 nitrogen and oxygen atoms in total. The fourth-order valence-corrected chi connectivity index (χ4v) is 2.29. The van der Waals surface area contributed by atoms with Gasteiger partial charge in [0.05, 0.1) is 6.10 Å². The van der Waals surface area contributed by atoms with Crippen LogP contribution in [0, 0.1) is 0 Å². The molecular formula is C18H20O3. The minimum absolute atomic E-state index is 0.296. The maximum absolute atomic E-state index is 11.3. The third-order valence-corrected chi connectivity index (χ3v) is 3.33. The topological polar surface area (TPSA) is 46.5 Å². The van der Waals surface area contributed by atoms with Gasteiger partial charge in [0.15, 0.2) is 0 Å². The van der Waals surface area contributed by atoms with E-state index in [0.717, 1.165) is 16.7 Å². The second-order valence-electron chi connectivity index (χ2n) is 5.13. The number of ether oxygens (including phenoxy) is 1. The monoisotopic (exact) mass is 284 g/mol. The quantitative estimate of drug-likeness (QED) is 0.854. The third-order valence-electron chi connectivity index (χ3n) is 3.33. The highest BCUT2D eigenvalue weighted by Crippen LogP contribution is 2.24. The molecule has 0 heterocycles. The van der Waals surface area contributed by atoms with Crippen LogP contribution >= 0.6 is 0 Å². The normalized spacial score (nSPS) is 13.5. The average Bonchev–Trinajstić information content (AvgIpc) is 2.47. The van der Waals surface area contributed by atoms with Gasteiger partial charge in [-0.15, -0.1) is 0 Å². The predicted octanol–water partition coefficient (Wildman–Crippen LogP) is 3.59. The van der Waals surface area contributed by atoms with Crippen molar-refractivity contribution >= 4 is 5.97 Å². The summed E-state index contributed by atoms with van der Waals surface area (Å²) in [5.41, 5.74) is 2.86. The molecule has 2 aromatic carbocycles. The molecular weight excluding hydrogens is 264 g/mol. The smallest absolute Gasteiger partial charge is 0.303 e. The van der Waals surface area contributed by atoms with Gasteiger partial charge in [-0.1, -0.05) is 54.6 Å². The van der Waals surface area contributed by atoms with Crippen molar-refractivity contribution in [3.8, 4) is 0 Å². The summed E-state index contributed by atoms with van der Waals surface area (Å²) in [4.78, 5) is 11.3. The summed E-state index contributed by atoms with van der Waals surface area (Å²) in [6.07, 6.45) is -0.230. The molecule has 0 spiro atoms. The van der Waals surface area contributed by atoms with Crippen LogP contribution in [0.3, 0.4) is 0 Å². The molecule has 3 heteroatoms. The number of carbonyl (C=O) groups is 1. The van der Waals surface area contributed by atoms with Crippen LogP contribution in [0.5, 0.6) is 0 Å². The third kappa shape index (κ3) is 4.43. The number of rotatable bonds is 5. The van der Waals surface area contributed by atoms with E-state index in [9.17, 15) is 9.90 Å². The highest BCUT2D eigenvalue weighted by molar-refractivity contribution is 5.66. The molecule has 1 N–H and O–H groups in total. The fraction of sp³-hybridized carbons (Fsp3) is 0.278. The van der Waals surface area contributed by atoms with Crippen LogP contribution < -0.4 is 0 Å². The van der Waals surface area contributed by atoms with E-state index in [4.69, 9.17) is 4.74 Å². The van der Waals surface area contributed by atoms with Crippen LogP contribution in [-0.4, -0.2) is 11.1 Å². The molecule has 0 bridgehead atoms. The summed E-state index contributed by atoms with van der Waals surface area (Å²) in [5, 5.41) is 9.66. The van der Waals surface area contributed by atoms with Gasteiger partial charge in [0, 0.05) is 13.3 Å². The highest BCUT2D eigenvalue weighted by atomic mass is 16.5.